The van der Waals surface area contributed by atoms with Gasteiger partial charge in [-0.3, -0.25) is 9.48 Å². The summed E-state index contributed by atoms with van der Waals surface area (Å²) < 4.78 is 7.86. The van der Waals surface area contributed by atoms with E-state index in [-0.39, 0.29) is 18.1 Å². The van der Waals surface area contributed by atoms with Crippen molar-refractivity contribution in [2.45, 2.75) is 44.9 Å². The molecule has 2 atom stereocenters. The third kappa shape index (κ3) is 3.03. The number of carbonyl (C=O) groups is 1. The number of carbonyl (C=O) groups excluding carboxylic acids is 1. The first-order valence-corrected chi connectivity index (χ1v) is 8.29. The van der Waals surface area contributed by atoms with Crippen molar-refractivity contribution in [2.75, 3.05) is 6.61 Å². The molecule has 0 spiro atoms. The minimum Gasteiger partial charge on any atom is -0.371 e. The summed E-state index contributed by atoms with van der Waals surface area (Å²) in [6, 6.07) is -0.00428. The number of hydrogen-bond donors (Lipinski definition) is 2. The predicted octanol–water partition coefficient (Wildman–Crippen LogP) is 2.19. The maximum absolute atomic E-state index is 12.4. The Hall–Kier alpha value is -2.08. The van der Waals surface area contributed by atoms with Crippen molar-refractivity contribution < 1.29 is 9.53 Å². The third-order valence-corrected chi connectivity index (χ3v) is 4.73. The largest absolute Gasteiger partial charge is 0.371 e. The second-order valence-electron chi connectivity index (χ2n) is 6.65. The van der Waals surface area contributed by atoms with Gasteiger partial charge >= 0.3 is 0 Å². The summed E-state index contributed by atoms with van der Waals surface area (Å²) in [5.74, 6) is 0.744. The SMILES string of the molecule is Cc1c[nH]cc1C(=O)N[C@H]1CCO[C@@H]1c1cnn(CC2CC2)c1. The lowest BCUT2D eigenvalue weighted by atomic mass is 10.0. The average molecular weight is 314 g/mol. The van der Waals surface area contributed by atoms with E-state index in [1.54, 1.807) is 6.20 Å². The van der Waals surface area contributed by atoms with Crippen LogP contribution < -0.4 is 5.32 Å². The van der Waals surface area contributed by atoms with Crippen LogP contribution in [0.4, 0.5) is 0 Å². The van der Waals surface area contributed by atoms with Gasteiger partial charge in [-0.2, -0.15) is 5.10 Å². The van der Waals surface area contributed by atoms with Gasteiger partial charge in [0.2, 0.25) is 0 Å². The smallest absolute Gasteiger partial charge is 0.253 e. The van der Waals surface area contributed by atoms with Gasteiger partial charge in [0.1, 0.15) is 6.10 Å². The van der Waals surface area contributed by atoms with Crippen molar-refractivity contribution >= 4 is 5.91 Å². The van der Waals surface area contributed by atoms with Gasteiger partial charge in [0, 0.05) is 37.3 Å². The van der Waals surface area contributed by atoms with Gasteiger partial charge in [0.15, 0.2) is 0 Å². The van der Waals surface area contributed by atoms with E-state index in [9.17, 15) is 4.79 Å². The highest BCUT2D eigenvalue weighted by Crippen LogP contribution is 2.32. The van der Waals surface area contributed by atoms with Gasteiger partial charge in [-0.05, 0) is 37.7 Å². The Morgan fingerprint density at radius 2 is 2.30 bits per heavy atom. The van der Waals surface area contributed by atoms with Crippen molar-refractivity contribution in [3.8, 4) is 0 Å². The van der Waals surface area contributed by atoms with Crippen LogP contribution in [0.3, 0.4) is 0 Å². The monoisotopic (exact) mass is 314 g/mol. The van der Waals surface area contributed by atoms with Crippen LogP contribution in [0.1, 0.15) is 46.9 Å². The second-order valence-corrected chi connectivity index (χ2v) is 6.65. The molecule has 1 aliphatic heterocycles. The van der Waals surface area contributed by atoms with Crippen LogP contribution in [-0.2, 0) is 11.3 Å². The Morgan fingerprint density at radius 1 is 1.43 bits per heavy atom. The van der Waals surface area contributed by atoms with E-state index >= 15 is 0 Å². The van der Waals surface area contributed by atoms with E-state index in [1.165, 1.54) is 12.8 Å². The average Bonchev–Trinajstić information content (AvgIpc) is 2.93. The molecule has 2 fully saturated rings. The molecular formula is C17H22N4O2. The molecule has 122 valence electrons. The summed E-state index contributed by atoms with van der Waals surface area (Å²) in [4.78, 5) is 15.4. The topological polar surface area (TPSA) is 71.9 Å². The van der Waals surface area contributed by atoms with E-state index in [0.717, 1.165) is 30.0 Å². The highest BCUT2D eigenvalue weighted by molar-refractivity contribution is 5.95. The predicted molar refractivity (Wildman–Crippen MR) is 85.0 cm³/mol. The van der Waals surface area contributed by atoms with Crippen LogP contribution in [0.15, 0.2) is 24.8 Å². The second kappa shape index (κ2) is 5.85. The minimum atomic E-state index is -0.105. The Labute approximate surface area is 135 Å². The van der Waals surface area contributed by atoms with E-state index in [0.29, 0.717) is 12.2 Å². The van der Waals surface area contributed by atoms with Gasteiger partial charge in [-0.25, -0.2) is 0 Å². The number of nitrogens with one attached hydrogen (secondary N) is 2. The summed E-state index contributed by atoms with van der Waals surface area (Å²) in [5, 5.41) is 7.55. The molecule has 0 unspecified atom stereocenters. The first kappa shape index (κ1) is 14.5. The molecule has 6 nitrogen and oxygen atoms in total. The van der Waals surface area contributed by atoms with E-state index in [2.05, 4.69) is 21.6 Å². The number of aryl methyl sites for hydroxylation is 1. The molecule has 23 heavy (non-hydrogen) atoms. The number of aromatic nitrogens is 3. The van der Waals surface area contributed by atoms with Crippen molar-refractivity contribution in [2.24, 2.45) is 5.92 Å². The van der Waals surface area contributed by atoms with Crippen LogP contribution in [0.5, 0.6) is 0 Å². The number of H-pyrrole nitrogens is 1. The van der Waals surface area contributed by atoms with Crippen molar-refractivity contribution in [1.82, 2.24) is 20.1 Å². The number of aromatic amines is 1. The molecule has 0 aromatic carbocycles. The molecule has 2 aliphatic rings. The first-order valence-electron chi connectivity index (χ1n) is 8.29. The van der Waals surface area contributed by atoms with Crippen LogP contribution in [0.25, 0.3) is 0 Å². The molecular weight excluding hydrogens is 292 g/mol. The molecule has 1 saturated heterocycles. The summed E-state index contributed by atoms with van der Waals surface area (Å²) in [5.41, 5.74) is 2.70. The minimum absolute atomic E-state index is 0.00428. The Balaban J connectivity index is 1.44. The molecule has 1 saturated carbocycles. The maximum Gasteiger partial charge on any atom is 0.253 e. The number of amides is 1. The van der Waals surface area contributed by atoms with Gasteiger partial charge in [-0.1, -0.05) is 0 Å². The fourth-order valence-corrected chi connectivity index (χ4v) is 3.19. The number of hydrogen-bond acceptors (Lipinski definition) is 3. The highest BCUT2D eigenvalue weighted by atomic mass is 16.5. The van der Waals surface area contributed by atoms with Crippen LogP contribution in [0, 0.1) is 12.8 Å². The number of nitrogens with zero attached hydrogens (tertiary/aromatic N) is 2. The van der Waals surface area contributed by atoms with Crippen LogP contribution in [-0.4, -0.2) is 33.3 Å². The molecule has 0 bridgehead atoms. The fourth-order valence-electron chi connectivity index (χ4n) is 3.19. The summed E-state index contributed by atoms with van der Waals surface area (Å²) in [6.45, 7) is 3.58. The lowest BCUT2D eigenvalue weighted by Gasteiger charge is -2.18. The van der Waals surface area contributed by atoms with Gasteiger partial charge in [-0.15, -0.1) is 0 Å². The van der Waals surface area contributed by atoms with Crippen LogP contribution in [0.2, 0.25) is 0 Å². The van der Waals surface area contributed by atoms with Crippen LogP contribution >= 0.6 is 0 Å². The molecule has 2 aromatic heterocycles. The zero-order valence-electron chi connectivity index (χ0n) is 13.3. The molecule has 6 heteroatoms. The van der Waals surface area contributed by atoms with E-state index < -0.39 is 0 Å². The fraction of sp³-hybridized carbons (Fsp3) is 0.529. The molecule has 3 heterocycles. The van der Waals surface area contributed by atoms with Crippen molar-refractivity contribution in [3.63, 3.8) is 0 Å². The zero-order valence-corrected chi connectivity index (χ0v) is 13.3. The quantitative estimate of drug-likeness (QED) is 0.888. The normalized spacial score (nSPS) is 24.0. The van der Waals surface area contributed by atoms with E-state index in [4.69, 9.17) is 4.74 Å². The maximum atomic E-state index is 12.4. The summed E-state index contributed by atoms with van der Waals surface area (Å²) in [7, 11) is 0. The first-order chi connectivity index (χ1) is 11.2. The highest BCUT2D eigenvalue weighted by Gasteiger charge is 2.32. The van der Waals surface area contributed by atoms with Crippen molar-refractivity contribution in [1.29, 1.82) is 0 Å². The Morgan fingerprint density at radius 3 is 3.04 bits per heavy atom. The molecule has 2 aromatic rings. The number of ether oxygens (including phenoxy) is 1. The third-order valence-electron chi connectivity index (χ3n) is 4.73. The summed E-state index contributed by atoms with van der Waals surface area (Å²) in [6.07, 6.45) is 10.9. The molecule has 1 amide bonds. The molecule has 0 radical (unpaired) electrons. The van der Waals surface area contributed by atoms with Gasteiger partial charge in [0.25, 0.3) is 5.91 Å². The van der Waals surface area contributed by atoms with E-state index in [1.807, 2.05) is 24.0 Å². The molecule has 1 aliphatic carbocycles. The van der Waals surface area contributed by atoms with Gasteiger partial charge < -0.3 is 15.0 Å². The Kier molecular flexibility index (Phi) is 3.69. The van der Waals surface area contributed by atoms with Gasteiger partial charge in [0.05, 0.1) is 17.8 Å². The zero-order chi connectivity index (χ0) is 15.8. The Bertz CT molecular complexity index is 701. The standard InChI is InChI=1S/C17H22N4O2/c1-11-6-18-8-14(11)17(22)20-15-4-5-23-16(15)13-7-19-21(10-13)9-12-2-3-12/h6-8,10,12,15-16,18H,2-5,9H2,1H3,(H,20,22)/t15-,16+/m0/s1. The molecule has 2 N–H and O–H groups in total. The van der Waals surface area contributed by atoms with Crippen molar-refractivity contribution in [3.05, 3.63) is 41.5 Å². The summed E-state index contributed by atoms with van der Waals surface area (Å²) >= 11 is 0. The lowest BCUT2D eigenvalue weighted by Crippen LogP contribution is -2.36. The number of rotatable bonds is 5. The molecule has 4 rings (SSSR count). The lowest BCUT2D eigenvalue weighted by molar-refractivity contribution is 0.0821.